The van der Waals surface area contributed by atoms with Crippen molar-refractivity contribution in [2.45, 2.75) is 66.5 Å². The largest absolute Gasteiger partial charge is 0.305 e. The van der Waals surface area contributed by atoms with Crippen LogP contribution in [0.5, 0.6) is 0 Å². The molecule has 0 aliphatic carbocycles. The first-order chi connectivity index (χ1) is 29.1. The minimum Gasteiger partial charge on any atom is -0.305 e. The van der Waals surface area contributed by atoms with E-state index in [-0.39, 0.29) is 31.5 Å². The van der Waals surface area contributed by atoms with Crippen LogP contribution in [0, 0.1) is 30.2 Å². The summed E-state index contributed by atoms with van der Waals surface area (Å²) in [5, 5.41) is 3.43. The van der Waals surface area contributed by atoms with E-state index in [1.807, 2.05) is 82.4 Å². The molecule has 1 atom stereocenters. The van der Waals surface area contributed by atoms with Gasteiger partial charge in [0.2, 0.25) is 0 Å². The number of fused-ring (bicyclic) bond motifs is 3. The van der Waals surface area contributed by atoms with Crippen LogP contribution >= 0.6 is 11.3 Å². The summed E-state index contributed by atoms with van der Waals surface area (Å²) in [5.74, 6) is -1.17. The van der Waals surface area contributed by atoms with Crippen LogP contribution in [0.1, 0.15) is 64.1 Å². The van der Waals surface area contributed by atoms with Crippen LogP contribution in [0.15, 0.2) is 134 Å². The van der Waals surface area contributed by atoms with E-state index in [9.17, 15) is 5.76 Å². The number of nitrogens with zero attached hydrogens (tertiary/aromatic N) is 2. The maximum absolute atomic E-state index is 13.3. The fourth-order valence-corrected chi connectivity index (χ4v) is 9.54. The molecule has 0 saturated heterocycles. The van der Waals surface area contributed by atoms with Gasteiger partial charge in [-0.2, -0.15) is 11.3 Å². The van der Waals surface area contributed by atoms with Gasteiger partial charge in [0.05, 0.1) is 8.07 Å². The van der Waals surface area contributed by atoms with Crippen molar-refractivity contribution >= 4 is 44.8 Å². The molecule has 2 nitrogen and oxygen atoms in total. The second kappa shape index (κ2) is 17.5. The fourth-order valence-electron chi connectivity index (χ4n) is 6.77. The molecule has 0 spiro atoms. The van der Waals surface area contributed by atoms with E-state index in [1.54, 1.807) is 47.9 Å². The number of aromatic nitrogens is 2. The van der Waals surface area contributed by atoms with Crippen molar-refractivity contribution in [1.29, 1.82) is 0 Å². The molecule has 0 saturated carbocycles. The van der Waals surface area contributed by atoms with E-state index in [4.69, 9.17) is 6.85 Å². The Bertz CT molecular complexity index is 2870. The van der Waals surface area contributed by atoms with Gasteiger partial charge in [0.15, 0.2) is 0 Å². The summed E-state index contributed by atoms with van der Waals surface area (Å²) in [6.07, 6.45) is 2.09. The Morgan fingerprint density at radius 1 is 0.842 bits per heavy atom. The molecule has 0 bridgehead atoms. The Kier molecular flexibility index (Phi) is 10.6. The summed E-state index contributed by atoms with van der Waals surface area (Å²) >= 11 is 1.67. The molecular formula is C51H49FIrN2SSi-2. The summed E-state index contributed by atoms with van der Waals surface area (Å²) in [4.78, 5) is 9.23. The van der Waals surface area contributed by atoms with Crippen LogP contribution in [-0.2, 0) is 26.5 Å². The summed E-state index contributed by atoms with van der Waals surface area (Å²) < 4.78 is 64.7. The predicted molar refractivity (Wildman–Crippen MR) is 240 cm³/mol. The number of pyridine rings is 2. The van der Waals surface area contributed by atoms with E-state index in [0.29, 0.717) is 11.3 Å². The van der Waals surface area contributed by atoms with Crippen LogP contribution in [-0.4, -0.2) is 18.0 Å². The monoisotopic (exact) mass is 967 g/mol. The van der Waals surface area contributed by atoms with Gasteiger partial charge in [-0.3, -0.25) is 0 Å². The molecule has 8 aromatic rings. The molecule has 1 unspecified atom stereocenters. The average Bonchev–Trinajstić information content (AvgIpc) is 3.61. The molecule has 0 N–H and O–H groups in total. The zero-order valence-electron chi connectivity index (χ0n) is 39.2. The maximum Gasteiger partial charge on any atom is 0.123 e. The van der Waals surface area contributed by atoms with Gasteiger partial charge in [0.25, 0.3) is 0 Å². The van der Waals surface area contributed by atoms with Gasteiger partial charge < -0.3 is 9.97 Å². The smallest absolute Gasteiger partial charge is 0.123 e. The molecule has 3 aromatic heterocycles. The van der Waals surface area contributed by atoms with Crippen molar-refractivity contribution in [2.24, 2.45) is 5.41 Å². The summed E-state index contributed by atoms with van der Waals surface area (Å²) in [6.45, 7) is 12.3. The Morgan fingerprint density at radius 2 is 1.60 bits per heavy atom. The summed E-state index contributed by atoms with van der Waals surface area (Å²) in [5.41, 5.74) is 7.24. The molecule has 291 valence electrons. The Hall–Kier alpha value is -4.58. The van der Waals surface area contributed by atoms with E-state index in [0.717, 1.165) is 64.4 Å². The van der Waals surface area contributed by atoms with Crippen LogP contribution in [0.3, 0.4) is 0 Å². The molecule has 0 aliphatic heterocycles. The average molecular weight is 967 g/mol. The fraction of sp³-hybridized carbons (Fsp3) is 0.216. The molecule has 1 radical (unpaired) electrons. The third-order valence-corrected chi connectivity index (χ3v) is 12.8. The van der Waals surface area contributed by atoms with Crippen LogP contribution < -0.4 is 5.19 Å². The van der Waals surface area contributed by atoms with Crippen molar-refractivity contribution in [1.82, 2.24) is 9.97 Å². The zero-order valence-corrected chi connectivity index (χ0v) is 37.4. The molecule has 3 heterocycles. The third-order valence-electron chi connectivity index (χ3n) is 9.56. The van der Waals surface area contributed by atoms with Crippen LogP contribution in [0.4, 0.5) is 4.39 Å². The number of thiophene rings is 1. The van der Waals surface area contributed by atoms with E-state index in [1.165, 1.54) is 18.2 Å². The first-order valence-corrected chi connectivity index (χ1v) is 23.1. The number of hydrogen-bond donors (Lipinski definition) is 0. The quantitative estimate of drug-likeness (QED) is 0.117. The summed E-state index contributed by atoms with van der Waals surface area (Å²) in [6, 6.07) is 43.5. The summed E-state index contributed by atoms with van der Waals surface area (Å²) in [7, 11) is -1.75. The Labute approximate surface area is 365 Å². The standard InChI is InChI=1S/C28H23FNS.C23H26NSi.Ir/c1-28(2,3)17-18-13-14-30-25(15-18)24-6-4-5-23-22-12-9-20(16-26(22)31-27(23)24)19-7-10-21(29)11-8-19;1-17-11-13-20(14-12-17)22-15-21(23(16-24-22)25(3,4)5)18(2)19-9-7-6-8-10-19;/h4-5,7-16H,17H2,1-3H3;6-13,15-16,18H,1-5H3;/q2*-1;/i17D2;1D3,18D;. The number of rotatable bonds is 7. The van der Waals surface area contributed by atoms with Crippen molar-refractivity contribution < 1.29 is 32.7 Å². The first-order valence-electron chi connectivity index (χ1n) is 21.7. The molecule has 8 rings (SSSR count). The van der Waals surface area contributed by atoms with Gasteiger partial charge in [-0.05, 0) is 85.0 Å². The zero-order chi connectivity index (χ0) is 44.8. The molecule has 0 aliphatic rings. The number of aryl methyl sites for hydroxylation is 1. The molecular weight excluding hydrogens is 912 g/mol. The predicted octanol–water partition coefficient (Wildman–Crippen LogP) is 13.9. The van der Waals surface area contributed by atoms with Gasteiger partial charge in [-0.25, -0.2) is 4.39 Å². The molecule has 57 heavy (non-hydrogen) atoms. The van der Waals surface area contributed by atoms with Crippen molar-refractivity contribution in [3.05, 3.63) is 174 Å². The van der Waals surface area contributed by atoms with E-state index < -0.39 is 32.6 Å². The maximum atomic E-state index is 13.3. The van der Waals surface area contributed by atoms with Gasteiger partial charge >= 0.3 is 0 Å². The third kappa shape index (κ3) is 9.94. The second-order valence-corrected chi connectivity index (χ2v) is 22.2. The van der Waals surface area contributed by atoms with Crippen molar-refractivity contribution in [2.75, 3.05) is 0 Å². The van der Waals surface area contributed by atoms with E-state index >= 15 is 0 Å². The SMILES string of the molecule is [2H]C([2H])([2H])c1c[c-]c(-c2cc(C([2H])(C)c3ccccc3)c([Si](C)(C)C)cn2)cc1.[2H]C([2H])(c1ccnc(-c2[c-]ccc3c2sc2cc(-c4ccc(F)cc4)ccc23)c1)C(C)(C)C.[Ir]. The number of halogens is 1. The minimum atomic E-state index is -2.15. The number of benzene rings is 5. The topological polar surface area (TPSA) is 25.8 Å². The second-order valence-electron chi connectivity index (χ2n) is 16.1. The molecule has 0 amide bonds. The van der Waals surface area contributed by atoms with Crippen molar-refractivity contribution in [3.63, 3.8) is 0 Å². The van der Waals surface area contributed by atoms with Gasteiger partial charge in [0.1, 0.15) is 5.82 Å². The molecule has 6 heteroatoms. The van der Waals surface area contributed by atoms with Gasteiger partial charge in [-0.1, -0.05) is 132 Å². The molecule has 0 fully saturated rings. The van der Waals surface area contributed by atoms with Crippen LogP contribution in [0.25, 0.3) is 53.8 Å². The molecule has 5 aromatic carbocycles. The van der Waals surface area contributed by atoms with Crippen molar-refractivity contribution in [3.8, 4) is 33.6 Å². The van der Waals surface area contributed by atoms with Gasteiger partial charge in [0, 0.05) is 51.3 Å². The first kappa shape index (κ1) is 34.5. The Balaban J connectivity index is 0.000000208. The van der Waals surface area contributed by atoms with Gasteiger partial charge in [-0.15, -0.1) is 59.2 Å². The normalized spacial score (nSPS) is 14.7. The van der Waals surface area contributed by atoms with Crippen LogP contribution in [0.2, 0.25) is 19.6 Å². The van der Waals surface area contributed by atoms with E-state index in [2.05, 4.69) is 66.0 Å². The number of hydrogen-bond acceptors (Lipinski definition) is 3. The Morgan fingerprint density at radius 3 is 2.28 bits per heavy atom. The minimum absolute atomic E-state index is 0.